The van der Waals surface area contributed by atoms with Gasteiger partial charge in [0, 0.05) is 16.9 Å². The van der Waals surface area contributed by atoms with Crippen LogP contribution < -0.4 is 10.6 Å². The van der Waals surface area contributed by atoms with E-state index in [0.29, 0.717) is 6.54 Å². The number of amides is 2. The Labute approximate surface area is 190 Å². The van der Waals surface area contributed by atoms with Crippen LogP contribution in [0.5, 0.6) is 0 Å². The van der Waals surface area contributed by atoms with E-state index in [9.17, 15) is 9.59 Å². The number of carbonyl (C=O) groups is 2. The quantitative estimate of drug-likeness (QED) is 0.483. The molecule has 0 aromatic heterocycles. The highest BCUT2D eigenvalue weighted by Crippen LogP contribution is 2.27. The summed E-state index contributed by atoms with van der Waals surface area (Å²) >= 11 is 0. The summed E-state index contributed by atoms with van der Waals surface area (Å²) in [7, 11) is 0. The average Bonchev–Trinajstić information content (AvgIpc) is 2.80. The fourth-order valence-electron chi connectivity index (χ4n) is 3.65. The lowest BCUT2D eigenvalue weighted by atomic mass is 10.0. The molecule has 5 heteroatoms. The van der Waals surface area contributed by atoms with Crippen LogP contribution >= 0.6 is 0 Å². The fourth-order valence-corrected chi connectivity index (χ4v) is 3.65. The minimum atomic E-state index is -0.457. The number of hydrogen-bond donors (Lipinski definition) is 2. The van der Waals surface area contributed by atoms with Crippen molar-refractivity contribution in [1.82, 2.24) is 4.90 Å². The topological polar surface area (TPSA) is 61.4 Å². The first-order valence-electron chi connectivity index (χ1n) is 11.0. The Morgan fingerprint density at radius 1 is 0.844 bits per heavy atom. The predicted octanol–water partition coefficient (Wildman–Crippen LogP) is 5.34. The standard InChI is InChI=1S/C27H31N3O2/c1-4-18-30(19-26(31)28-24-16-10-8-12-20(24)2)21(3)27(32)29-25-17-11-9-15-23(25)22-13-6-5-7-14-22/h5-17,21H,4,18-19H2,1-3H3,(H,28,31)(H,29,32). The first-order chi connectivity index (χ1) is 15.5. The van der Waals surface area contributed by atoms with E-state index in [2.05, 4.69) is 10.6 Å². The average molecular weight is 430 g/mol. The van der Waals surface area contributed by atoms with Crippen LogP contribution in [-0.4, -0.2) is 35.8 Å². The zero-order chi connectivity index (χ0) is 22.9. The molecule has 0 radical (unpaired) electrons. The van der Waals surface area contributed by atoms with Crippen LogP contribution in [0.3, 0.4) is 0 Å². The van der Waals surface area contributed by atoms with Crippen LogP contribution in [0, 0.1) is 6.92 Å². The smallest absolute Gasteiger partial charge is 0.241 e. The molecule has 0 aliphatic rings. The van der Waals surface area contributed by atoms with Crippen molar-refractivity contribution in [3.63, 3.8) is 0 Å². The van der Waals surface area contributed by atoms with Crippen LogP contribution in [0.4, 0.5) is 11.4 Å². The Kier molecular flexibility index (Phi) is 8.17. The van der Waals surface area contributed by atoms with E-state index in [-0.39, 0.29) is 18.4 Å². The summed E-state index contributed by atoms with van der Waals surface area (Å²) in [5.74, 6) is -0.261. The van der Waals surface area contributed by atoms with Crippen molar-refractivity contribution in [2.75, 3.05) is 23.7 Å². The van der Waals surface area contributed by atoms with Gasteiger partial charge >= 0.3 is 0 Å². The predicted molar refractivity (Wildman–Crippen MR) is 132 cm³/mol. The minimum Gasteiger partial charge on any atom is -0.325 e. The van der Waals surface area contributed by atoms with Gasteiger partial charge < -0.3 is 10.6 Å². The summed E-state index contributed by atoms with van der Waals surface area (Å²) in [6, 6.07) is 25.0. The SMILES string of the molecule is CCCN(CC(=O)Nc1ccccc1C)C(C)C(=O)Nc1ccccc1-c1ccccc1. The molecular weight excluding hydrogens is 398 g/mol. The molecule has 0 saturated heterocycles. The maximum absolute atomic E-state index is 13.1. The Bertz CT molecular complexity index is 1050. The third-order valence-electron chi connectivity index (χ3n) is 5.47. The second-order valence-electron chi connectivity index (χ2n) is 7.91. The van der Waals surface area contributed by atoms with Crippen LogP contribution in [0.1, 0.15) is 25.8 Å². The monoisotopic (exact) mass is 429 g/mol. The lowest BCUT2D eigenvalue weighted by Gasteiger charge is -2.27. The zero-order valence-corrected chi connectivity index (χ0v) is 19.0. The van der Waals surface area contributed by atoms with Gasteiger partial charge in [-0.3, -0.25) is 14.5 Å². The van der Waals surface area contributed by atoms with Gasteiger partial charge in [-0.05, 0) is 50.1 Å². The Morgan fingerprint density at radius 2 is 1.47 bits per heavy atom. The number of benzene rings is 3. The zero-order valence-electron chi connectivity index (χ0n) is 19.0. The van der Waals surface area contributed by atoms with Crippen molar-refractivity contribution in [2.45, 2.75) is 33.2 Å². The molecule has 32 heavy (non-hydrogen) atoms. The van der Waals surface area contributed by atoms with Gasteiger partial charge in [-0.15, -0.1) is 0 Å². The van der Waals surface area contributed by atoms with Gasteiger partial charge in [-0.1, -0.05) is 73.7 Å². The van der Waals surface area contributed by atoms with E-state index >= 15 is 0 Å². The van der Waals surface area contributed by atoms with Gasteiger partial charge in [0.1, 0.15) is 0 Å². The number of anilines is 2. The molecule has 3 rings (SSSR count). The molecule has 3 aromatic carbocycles. The van der Waals surface area contributed by atoms with Crippen LogP contribution in [0.15, 0.2) is 78.9 Å². The number of carbonyl (C=O) groups excluding carboxylic acids is 2. The number of nitrogens with zero attached hydrogens (tertiary/aromatic N) is 1. The van der Waals surface area contributed by atoms with Gasteiger partial charge in [-0.2, -0.15) is 0 Å². The molecule has 0 aliphatic heterocycles. The Hall–Kier alpha value is -3.44. The number of rotatable bonds is 9. The second kappa shape index (κ2) is 11.3. The number of hydrogen-bond acceptors (Lipinski definition) is 3. The normalized spacial score (nSPS) is 11.8. The first-order valence-corrected chi connectivity index (χ1v) is 11.0. The number of nitrogens with one attached hydrogen (secondary N) is 2. The van der Waals surface area contributed by atoms with Gasteiger partial charge in [-0.25, -0.2) is 0 Å². The van der Waals surface area contributed by atoms with E-state index in [4.69, 9.17) is 0 Å². The highest BCUT2D eigenvalue weighted by atomic mass is 16.2. The van der Waals surface area contributed by atoms with E-state index in [1.165, 1.54) is 0 Å². The Morgan fingerprint density at radius 3 is 2.16 bits per heavy atom. The lowest BCUT2D eigenvalue weighted by molar-refractivity contribution is -0.123. The molecule has 0 heterocycles. The highest BCUT2D eigenvalue weighted by molar-refractivity contribution is 5.99. The number of aryl methyl sites for hydroxylation is 1. The second-order valence-corrected chi connectivity index (χ2v) is 7.91. The maximum atomic E-state index is 13.1. The largest absolute Gasteiger partial charge is 0.325 e. The molecule has 1 unspecified atom stereocenters. The van der Waals surface area contributed by atoms with E-state index in [1.807, 2.05) is 105 Å². The molecule has 166 valence electrons. The third kappa shape index (κ3) is 6.05. The molecular formula is C27H31N3O2. The summed E-state index contributed by atoms with van der Waals surface area (Å²) < 4.78 is 0. The minimum absolute atomic E-state index is 0.128. The lowest BCUT2D eigenvalue weighted by Crippen LogP contribution is -2.46. The fraction of sp³-hybridized carbons (Fsp3) is 0.259. The van der Waals surface area contributed by atoms with Crippen LogP contribution in [0.2, 0.25) is 0 Å². The summed E-state index contributed by atoms with van der Waals surface area (Å²) in [5, 5.41) is 6.03. The van der Waals surface area contributed by atoms with Gasteiger partial charge in [0.15, 0.2) is 0 Å². The van der Waals surface area contributed by atoms with Crippen molar-refractivity contribution in [2.24, 2.45) is 0 Å². The first kappa shape index (κ1) is 23.2. The summed E-state index contributed by atoms with van der Waals surface area (Å²) in [5.41, 5.74) is 4.57. The van der Waals surface area contributed by atoms with E-state index < -0.39 is 6.04 Å². The molecule has 5 nitrogen and oxygen atoms in total. The van der Waals surface area contributed by atoms with Crippen molar-refractivity contribution < 1.29 is 9.59 Å². The van der Waals surface area contributed by atoms with Crippen molar-refractivity contribution in [3.8, 4) is 11.1 Å². The van der Waals surface area contributed by atoms with Gasteiger partial charge in [0.05, 0.1) is 12.6 Å². The molecule has 0 saturated carbocycles. The molecule has 3 aromatic rings. The van der Waals surface area contributed by atoms with Crippen molar-refractivity contribution in [3.05, 3.63) is 84.4 Å². The molecule has 0 bridgehead atoms. The molecule has 0 fully saturated rings. The third-order valence-corrected chi connectivity index (χ3v) is 5.47. The molecule has 1 atom stereocenters. The molecule has 0 spiro atoms. The maximum Gasteiger partial charge on any atom is 0.241 e. The number of para-hydroxylation sites is 2. The van der Waals surface area contributed by atoms with Crippen molar-refractivity contribution >= 4 is 23.2 Å². The summed E-state index contributed by atoms with van der Waals surface area (Å²) in [4.78, 5) is 27.7. The van der Waals surface area contributed by atoms with Gasteiger partial charge in [0.2, 0.25) is 11.8 Å². The van der Waals surface area contributed by atoms with Gasteiger partial charge in [0.25, 0.3) is 0 Å². The summed E-state index contributed by atoms with van der Waals surface area (Å²) in [6.07, 6.45) is 0.843. The van der Waals surface area contributed by atoms with Crippen LogP contribution in [-0.2, 0) is 9.59 Å². The Balaban J connectivity index is 1.70. The van der Waals surface area contributed by atoms with Crippen LogP contribution in [0.25, 0.3) is 11.1 Å². The highest BCUT2D eigenvalue weighted by Gasteiger charge is 2.24. The van der Waals surface area contributed by atoms with E-state index in [1.54, 1.807) is 0 Å². The van der Waals surface area contributed by atoms with E-state index in [0.717, 1.165) is 34.5 Å². The molecule has 2 amide bonds. The molecule has 0 aliphatic carbocycles. The molecule has 2 N–H and O–H groups in total. The van der Waals surface area contributed by atoms with Crippen molar-refractivity contribution in [1.29, 1.82) is 0 Å². The summed E-state index contributed by atoms with van der Waals surface area (Å²) in [6.45, 7) is 6.64.